The molecule has 10 heteroatoms. The minimum absolute atomic E-state index is 0.0168. The van der Waals surface area contributed by atoms with E-state index in [4.69, 9.17) is 0 Å². The molecule has 5 N–H and O–H groups in total. The van der Waals surface area contributed by atoms with Gasteiger partial charge in [-0.3, -0.25) is 20.4 Å². The van der Waals surface area contributed by atoms with Crippen molar-refractivity contribution in [2.75, 3.05) is 0 Å². The first-order valence-electron chi connectivity index (χ1n) is 7.22. The largest absolute Gasteiger partial charge is 0.342 e. The average molecular weight is 335 g/mol. The summed E-state index contributed by atoms with van der Waals surface area (Å²) < 4.78 is 0. The number of benzene rings is 1. The van der Waals surface area contributed by atoms with Crippen molar-refractivity contribution in [1.82, 2.24) is 40.8 Å². The van der Waals surface area contributed by atoms with Crippen LogP contribution in [0.15, 0.2) is 30.6 Å². The molecule has 3 heterocycles. The van der Waals surface area contributed by atoms with Gasteiger partial charge in [-0.25, -0.2) is 15.0 Å². The molecule has 10 nitrogen and oxygen atoms in total. The molecule has 0 aliphatic rings. The van der Waals surface area contributed by atoms with Crippen LogP contribution in [-0.2, 0) is 4.79 Å². The van der Waals surface area contributed by atoms with Crippen molar-refractivity contribution < 1.29 is 9.59 Å². The van der Waals surface area contributed by atoms with Crippen molar-refractivity contribution in [2.45, 2.75) is 0 Å². The van der Waals surface area contributed by atoms with Crippen LogP contribution < -0.4 is 10.9 Å². The molecule has 1 aromatic carbocycles. The quantitative estimate of drug-likeness (QED) is 0.267. The maximum atomic E-state index is 11.8. The van der Waals surface area contributed by atoms with Crippen molar-refractivity contribution in [1.29, 1.82) is 0 Å². The van der Waals surface area contributed by atoms with E-state index in [-0.39, 0.29) is 5.82 Å². The molecule has 0 unspecified atom stereocenters. The molecule has 3 aromatic heterocycles. The average Bonchev–Trinajstić information content (AvgIpc) is 3.38. The monoisotopic (exact) mass is 335 g/mol. The Morgan fingerprint density at radius 3 is 2.96 bits per heavy atom. The number of amides is 2. The topological polar surface area (TPSA) is 144 Å². The molecule has 0 saturated carbocycles. The highest BCUT2D eigenvalue weighted by Crippen LogP contribution is 2.27. The second-order valence-corrected chi connectivity index (χ2v) is 5.00. The smallest absolute Gasteiger partial charge is 0.305 e. The summed E-state index contributed by atoms with van der Waals surface area (Å²) in [5.74, 6) is 0.646. The normalized spacial score (nSPS) is 10.7. The zero-order valence-corrected chi connectivity index (χ0v) is 12.6. The Kier molecular flexibility index (Phi) is 3.47. The molecule has 0 spiro atoms. The minimum Gasteiger partial charge on any atom is -0.342 e. The molecule has 0 aliphatic carbocycles. The molecule has 0 saturated heterocycles. The summed E-state index contributed by atoms with van der Waals surface area (Å²) in [6.07, 6.45) is 6.53. The van der Waals surface area contributed by atoms with E-state index in [9.17, 15) is 9.59 Å². The van der Waals surface area contributed by atoms with Crippen LogP contribution in [0.1, 0.15) is 10.6 Å². The number of para-hydroxylation sites is 1. The van der Waals surface area contributed by atoms with Gasteiger partial charge in [0.15, 0.2) is 17.5 Å². The fourth-order valence-electron chi connectivity index (χ4n) is 2.41. The Morgan fingerprint density at radius 2 is 2.16 bits per heavy atom. The molecule has 25 heavy (non-hydrogen) atoms. The molecular formula is C15H11N8O2. The number of nitrogens with zero attached hydrogens (tertiary/aromatic N) is 3. The fraction of sp³-hybridized carbons (Fsp3) is 0. The fourth-order valence-corrected chi connectivity index (χ4v) is 2.41. The van der Waals surface area contributed by atoms with Crippen LogP contribution >= 0.6 is 0 Å². The zero-order chi connectivity index (χ0) is 17.2. The van der Waals surface area contributed by atoms with E-state index in [1.54, 1.807) is 12.4 Å². The summed E-state index contributed by atoms with van der Waals surface area (Å²) in [5, 5.41) is 0. The highest BCUT2D eigenvalue weighted by atomic mass is 16.2. The van der Waals surface area contributed by atoms with Gasteiger partial charge in [-0.1, -0.05) is 12.1 Å². The minimum atomic E-state index is -0.583. The number of H-pyrrole nitrogens is 3. The number of fused-ring (bicyclic) bond motifs is 1. The Bertz CT molecular complexity index is 1050. The number of imidazole rings is 3. The molecule has 0 fully saturated rings. The van der Waals surface area contributed by atoms with E-state index in [2.05, 4.69) is 47.0 Å². The van der Waals surface area contributed by atoms with Crippen molar-refractivity contribution in [3.05, 3.63) is 42.6 Å². The maximum Gasteiger partial charge on any atom is 0.305 e. The summed E-state index contributed by atoms with van der Waals surface area (Å²) in [4.78, 5) is 43.8. The van der Waals surface area contributed by atoms with Gasteiger partial charge in [-0.15, -0.1) is 0 Å². The maximum absolute atomic E-state index is 11.8. The predicted molar refractivity (Wildman–Crippen MR) is 86.8 cm³/mol. The Morgan fingerprint density at radius 1 is 1.24 bits per heavy atom. The first-order valence-corrected chi connectivity index (χ1v) is 7.22. The van der Waals surface area contributed by atoms with E-state index in [0.29, 0.717) is 34.8 Å². The van der Waals surface area contributed by atoms with Crippen molar-refractivity contribution in [3.63, 3.8) is 0 Å². The van der Waals surface area contributed by atoms with E-state index < -0.39 is 5.91 Å². The first-order chi connectivity index (χ1) is 12.3. The SMILES string of the molecule is O=CNNC(=O)c1nc(-c2cccc3[nH]c(-c4ncc[nH]4)nc23)[c][nH]1. The van der Waals surface area contributed by atoms with Crippen LogP contribution in [0.3, 0.4) is 0 Å². The van der Waals surface area contributed by atoms with Gasteiger partial charge in [-0.2, -0.15) is 0 Å². The lowest BCUT2D eigenvalue weighted by Gasteiger charge is -1.99. The second kappa shape index (κ2) is 5.92. The van der Waals surface area contributed by atoms with Gasteiger partial charge in [0, 0.05) is 18.0 Å². The lowest BCUT2D eigenvalue weighted by Crippen LogP contribution is -2.36. The summed E-state index contributed by atoms with van der Waals surface area (Å²) in [7, 11) is 0. The summed E-state index contributed by atoms with van der Waals surface area (Å²) in [6.45, 7) is 0. The number of carbonyl (C=O) groups excluding carboxylic acids is 2. The van der Waals surface area contributed by atoms with Crippen LogP contribution in [0.4, 0.5) is 0 Å². The summed E-state index contributed by atoms with van der Waals surface area (Å²) >= 11 is 0. The standard InChI is InChI=1S/C15H11N8O2/c24-7-19-23-15(25)14-18-6-10(21-14)8-2-1-3-9-11(8)22-13(20-9)12-16-4-5-17-12/h1-5,7H,(H,16,17)(H,18,21)(H,19,24)(H,20,22)(H,23,25). The van der Waals surface area contributed by atoms with Gasteiger partial charge in [0.05, 0.1) is 17.2 Å². The van der Waals surface area contributed by atoms with Gasteiger partial charge < -0.3 is 15.0 Å². The Labute approximate surface area is 140 Å². The van der Waals surface area contributed by atoms with Gasteiger partial charge >= 0.3 is 5.91 Å². The molecule has 1 radical (unpaired) electrons. The highest BCUT2D eigenvalue weighted by Gasteiger charge is 2.16. The number of hydrogen-bond acceptors (Lipinski definition) is 5. The van der Waals surface area contributed by atoms with Crippen molar-refractivity contribution >= 4 is 23.4 Å². The van der Waals surface area contributed by atoms with E-state index >= 15 is 0 Å². The number of nitrogens with one attached hydrogen (secondary N) is 5. The lowest BCUT2D eigenvalue weighted by atomic mass is 10.1. The van der Waals surface area contributed by atoms with Gasteiger partial charge in [0.1, 0.15) is 5.69 Å². The molecular weight excluding hydrogens is 324 g/mol. The number of hydrogen-bond donors (Lipinski definition) is 5. The number of aromatic nitrogens is 6. The van der Waals surface area contributed by atoms with Crippen molar-refractivity contribution in [3.8, 4) is 22.9 Å². The summed E-state index contributed by atoms with van der Waals surface area (Å²) in [5.41, 5.74) is 6.84. The molecule has 4 aromatic rings. The molecule has 2 amide bonds. The predicted octanol–water partition coefficient (Wildman–Crippen LogP) is 0.534. The van der Waals surface area contributed by atoms with E-state index in [1.807, 2.05) is 18.2 Å². The van der Waals surface area contributed by atoms with Crippen LogP contribution in [0.25, 0.3) is 33.9 Å². The van der Waals surface area contributed by atoms with Gasteiger partial charge in [0.2, 0.25) is 6.41 Å². The number of carbonyl (C=O) groups is 2. The zero-order valence-electron chi connectivity index (χ0n) is 12.6. The van der Waals surface area contributed by atoms with Crippen LogP contribution in [-0.4, -0.2) is 42.2 Å². The van der Waals surface area contributed by atoms with Crippen molar-refractivity contribution in [2.24, 2.45) is 0 Å². The summed E-state index contributed by atoms with van der Waals surface area (Å²) in [6, 6.07) is 5.55. The third kappa shape index (κ3) is 2.61. The molecule has 0 atom stereocenters. The lowest BCUT2D eigenvalue weighted by molar-refractivity contribution is -0.110. The molecule has 0 bridgehead atoms. The third-order valence-corrected chi connectivity index (χ3v) is 3.47. The highest BCUT2D eigenvalue weighted by molar-refractivity contribution is 5.94. The third-order valence-electron chi connectivity index (χ3n) is 3.47. The number of aromatic amines is 3. The van der Waals surface area contributed by atoms with Gasteiger partial charge in [0.25, 0.3) is 0 Å². The molecule has 123 valence electrons. The van der Waals surface area contributed by atoms with Gasteiger partial charge in [-0.05, 0) is 6.07 Å². The number of hydrazine groups is 1. The second-order valence-electron chi connectivity index (χ2n) is 5.00. The van der Waals surface area contributed by atoms with E-state index in [1.165, 1.54) is 0 Å². The first kappa shape index (κ1) is 14.6. The Hall–Kier alpha value is -3.95. The van der Waals surface area contributed by atoms with Crippen LogP contribution in [0.5, 0.6) is 0 Å². The van der Waals surface area contributed by atoms with Crippen LogP contribution in [0.2, 0.25) is 0 Å². The molecule has 4 rings (SSSR count). The Balaban J connectivity index is 1.73. The number of rotatable bonds is 5. The van der Waals surface area contributed by atoms with Crippen LogP contribution in [0, 0.1) is 6.20 Å². The van der Waals surface area contributed by atoms with E-state index in [0.717, 1.165) is 5.52 Å². The molecule has 0 aliphatic heterocycles.